The fourth-order valence-electron chi connectivity index (χ4n) is 3.14. The lowest BCUT2D eigenvalue weighted by Gasteiger charge is -2.32. The molecule has 0 spiro atoms. The Morgan fingerprint density at radius 1 is 1.43 bits per heavy atom. The van der Waals surface area contributed by atoms with Gasteiger partial charge < -0.3 is 10.1 Å². The molecule has 0 amide bonds. The summed E-state index contributed by atoms with van der Waals surface area (Å²) in [7, 11) is 0. The van der Waals surface area contributed by atoms with Crippen LogP contribution in [0, 0.1) is 0 Å². The van der Waals surface area contributed by atoms with Gasteiger partial charge in [-0.2, -0.15) is 0 Å². The summed E-state index contributed by atoms with van der Waals surface area (Å²) in [6.45, 7) is 2.88. The van der Waals surface area contributed by atoms with Gasteiger partial charge in [0.25, 0.3) is 0 Å². The average molecular weight is 314 g/mol. The van der Waals surface area contributed by atoms with Gasteiger partial charge in [0.05, 0.1) is 13.0 Å². The van der Waals surface area contributed by atoms with E-state index in [-0.39, 0.29) is 6.42 Å². The SMILES string of the molecule is O=C(O)CCc1cccc(C2CCCN(Cc3ncc[nH]3)C2)n1. The van der Waals surface area contributed by atoms with Crippen LogP contribution >= 0.6 is 0 Å². The van der Waals surface area contributed by atoms with E-state index in [1.165, 1.54) is 0 Å². The first kappa shape index (κ1) is 15.7. The molecule has 1 fully saturated rings. The summed E-state index contributed by atoms with van der Waals surface area (Å²) in [5, 5.41) is 8.81. The maximum atomic E-state index is 10.7. The van der Waals surface area contributed by atoms with Crippen molar-refractivity contribution in [1.82, 2.24) is 19.9 Å². The Balaban J connectivity index is 1.63. The largest absolute Gasteiger partial charge is 0.481 e. The summed E-state index contributed by atoms with van der Waals surface area (Å²) in [5.74, 6) is 0.622. The number of nitrogens with zero attached hydrogens (tertiary/aromatic N) is 3. The molecule has 122 valence electrons. The fraction of sp³-hybridized carbons (Fsp3) is 0.471. The van der Waals surface area contributed by atoms with Gasteiger partial charge >= 0.3 is 5.97 Å². The molecule has 2 aromatic rings. The zero-order chi connectivity index (χ0) is 16.1. The first-order valence-corrected chi connectivity index (χ1v) is 8.09. The van der Waals surface area contributed by atoms with E-state index in [9.17, 15) is 4.79 Å². The summed E-state index contributed by atoms with van der Waals surface area (Å²) in [6, 6.07) is 5.96. The lowest BCUT2D eigenvalue weighted by molar-refractivity contribution is -0.136. The minimum Gasteiger partial charge on any atom is -0.481 e. The normalized spacial score (nSPS) is 18.9. The summed E-state index contributed by atoms with van der Waals surface area (Å²) >= 11 is 0. The van der Waals surface area contributed by atoms with Gasteiger partial charge in [0.15, 0.2) is 0 Å². The van der Waals surface area contributed by atoms with Crippen molar-refractivity contribution in [2.24, 2.45) is 0 Å². The molecule has 1 atom stereocenters. The van der Waals surface area contributed by atoms with Gasteiger partial charge in [-0.15, -0.1) is 0 Å². The zero-order valence-corrected chi connectivity index (χ0v) is 13.1. The molecule has 23 heavy (non-hydrogen) atoms. The van der Waals surface area contributed by atoms with E-state index in [4.69, 9.17) is 5.11 Å². The number of aryl methyl sites for hydroxylation is 1. The molecule has 1 saturated heterocycles. The van der Waals surface area contributed by atoms with Crippen LogP contribution < -0.4 is 0 Å². The molecule has 2 N–H and O–H groups in total. The van der Waals surface area contributed by atoms with E-state index < -0.39 is 5.97 Å². The predicted octanol–water partition coefficient (Wildman–Crippen LogP) is 2.20. The lowest BCUT2D eigenvalue weighted by Crippen LogP contribution is -2.34. The quantitative estimate of drug-likeness (QED) is 0.854. The van der Waals surface area contributed by atoms with Crippen molar-refractivity contribution < 1.29 is 9.90 Å². The molecule has 3 rings (SSSR count). The first-order valence-electron chi connectivity index (χ1n) is 8.09. The van der Waals surface area contributed by atoms with Crippen molar-refractivity contribution in [3.05, 3.63) is 47.8 Å². The highest BCUT2D eigenvalue weighted by Crippen LogP contribution is 2.26. The second-order valence-corrected chi connectivity index (χ2v) is 6.06. The lowest BCUT2D eigenvalue weighted by atomic mass is 9.94. The molecule has 1 aliphatic heterocycles. The van der Waals surface area contributed by atoms with E-state index in [0.717, 1.165) is 49.7 Å². The maximum absolute atomic E-state index is 10.7. The van der Waals surface area contributed by atoms with Crippen LogP contribution in [0.2, 0.25) is 0 Å². The Hall–Kier alpha value is -2.21. The topological polar surface area (TPSA) is 82.1 Å². The van der Waals surface area contributed by atoms with E-state index >= 15 is 0 Å². The zero-order valence-electron chi connectivity index (χ0n) is 13.1. The molecule has 3 heterocycles. The van der Waals surface area contributed by atoms with Crippen molar-refractivity contribution in [3.8, 4) is 0 Å². The number of hydrogen-bond donors (Lipinski definition) is 2. The van der Waals surface area contributed by atoms with Gasteiger partial charge in [0.2, 0.25) is 0 Å². The number of pyridine rings is 1. The number of aromatic nitrogens is 3. The molecule has 0 radical (unpaired) electrons. The van der Waals surface area contributed by atoms with Gasteiger partial charge in [0.1, 0.15) is 5.82 Å². The Kier molecular flexibility index (Phi) is 5.02. The third kappa shape index (κ3) is 4.39. The molecule has 2 aromatic heterocycles. The number of carboxylic acid groups (broad SMARTS) is 1. The Bertz CT molecular complexity index is 642. The number of H-pyrrole nitrogens is 1. The number of likely N-dealkylation sites (tertiary alicyclic amines) is 1. The van der Waals surface area contributed by atoms with Gasteiger partial charge in [-0.1, -0.05) is 6.07 Å². The molecule has 0 bridgehead atoms. The van der Waals surface area contributed by atoms with Gasteiger partial charge in [-0.3, -0.25) is 14.7 Å². The maximum Gasteiger partial charge on any atom is 0.303 e. The van der Waals surface area contributed by atoms with E-state index in [0.29, 0.717) is 12.3 Å². The molecular weight excluding hydrogens is 292 g/mol. The standard InChI is InChI=1S/C17H22N4O2/c22-17(23)7-6-14-4-1-5-15(20-14)13-3-2-10-21(11-13)12-16-18-8-9-19-16/h1,4-5,8-9,13H,2-3,6-7,10-12H2,(H,18,19)(H,22,23). The molecule has 0 saturated carbocycles. The molecule has 6 nitrogen and oxygen atoms in total. The number of piperidine rings is 1. The summed E-state index contributed by atoms with van der Waals surface area (Å²) in [4.78, 5) is 25.2. The van der Waals surface area contributed by atoms with Crippen LogP contribution in [-0.2, 0) is 17.8 Å². The Morgan fingerprint density at radius 2 is 2.35 bits per heavy atom. The van der Waals surface area contributed by atoms with Gasteiger partial charge in [-0.05, 0) is 31.5 Å². The minimum atomic E-state index is -0.778. The minimum absolute atomic E-state index is 0.131. The summed E-state index contributed by atoms with van der Waals surface area (Å²) < 4.78 is 0. The number of hydrogen-bond acceptors (Lipinski definition) is 4. The number of carbonyl (C=O) groups is 1. The van der Waals surface area contributed by atoms with Crippen molar-refractivity contribution in [2.75, 3.05) is 13.1 Å². The number of aliphatic carboxylic acids is 1. The second kappa shape index (κ2) is 7.37. The monoisotopic (exact) mass is 314 g/mol. The van der Waals surface area contributed by atoms with Crippen LogP contribution in [0.5, 0.6) is 0 Å². The average Bonchev–Trinajstić information content (AvgIpc) is 3.06. The molecule has 0 aliphatic carbocycles. The van der Waals surface area contributed by atoms with Gasteiger partial charge in [0, 0.05) is 42.7 Å². The van der Waals surface area contributed by atoms with E-state index in [1.807, 2.05) is 18.3 Å². The summed E-state index contributed by atoms with van der Waals surface area (Å²) in [6.07, 6.45) is 6.53. The number of rotatable bonds is 6. The smallest absolute Gasteiger partial charge is 0.303 e. The van der Waals surface area contributed by atoms with Gasteiger partial charge in [-0.25, -0.2) is 4.98 Å². The van der Waals surface area contributed by atoms with Crippen LogP contribution in [0.4, 0.5) is 0 Å². The first-order chi connectivity index (χ1) is 11.2. The van der Waals surface area contributed by atoms with Crippen molar-refractivity contribution in [2.45, 2.75) is 38.1 Å². The number of aromatic amines is 1. The van der Waals surface area contributed by atoms with Crippen LogP contribution in [0.3, 0.4) is 0 Å². The predicted molar refractivity (Wildman–Crippen MR) is 86.0 cm³/mol. The van der Waals surface area contributed by atoms with E-state index in [1.54, 1.807) is 6.20 Å². The fourth-order valence-corrected chi connectivity index (χ4v) is 3.14. The molecule has 6 heteroatoms. The third-order valence-corrected chi connectivity index (χ3v) is 4.28. The van der Waals surface area contributed by atoms with Crippen LogP contribution in [-0.4, -0.2) is 44.0 Å². The summed E-state index contributed by atoms with van der Waals surface area (Å²) in [5.41, 5.74) is 1.95. The van der Waals surface area contributed by atoms with Crippen LogP contribution in [0.25, 0.3) is 0 Å². The highest BCUT2D eigenvalue weighted by atomic mass is 16.4. The number of imidazole rings is 1. The van der Waals surface area contributed by atoms with Crippen molar-refractivity contribution in [3.63, 3.8) is 0 Å². The Labute approximate surface area is 135 Å². The third-order valence-electron chi connectivity index (χ3n) is 4.28. The number of carboxylic acids is 1. The highest BCUT2D eigenvalue weighted by molar-refractivity contribution is 5.66. The highest BCUT2D eigenvalue weighted by Gasteiger charge is 2.23. The molecule has 1 aliphatic rings. The second-order valence-electron chi connectivity index (χ2n) is 6.06. The van der Waals surface area contributed by atoms with Crippen LogP contribution in [0.1, 0.15) is 42.4 Å². The molecule has 1 unspecified atom stereocenters. The van der Waals surface area contributed by atoms with Crippen LogP contribution in [0.15, 0.2) is 30.6 Å². The van der Waals surface area contributed by atoms with Crippen molar-refractivity contribution >= 4 is 5.97 Å². The Morgan fingerprint density at radius 3 is 3.13 bits per heavy atom. The molecule has 0 aromatic carbocycles. The van der Waals surface area contributed by atoms with Crippen molar-refractivity contribution in [1.29, 1.82) is 0 Å². The molecular formula is C17H22N4O2. The number of nitrogens with one attached hydrogen (secondary N) is 1. The van der Waals surface area contributed by atoms with E-state index in [2.05, 4.69) is 25.9 Å².